The number of rotatable bonds is 6. The molecule has 0 bridgehead atoms. The van der Waals surface area contributed by atoms with E-state index in [4.69, 9.17) is 0 Å². The fourth-order valence-corrected chi connectivity index (χ4v) is 4.06. The minimum atomic E-state index is -0.778. The minimum absolute atomic E-state index is 0.183. The van der Waals surface area contributed by atoms with Gasteiger partial charge in [0.15, 0.2) is 5.13 Å². The van der Waals surface area contributed by atoms with Gasteiger partial charge < -0.3 is 19.9 Å². The number of hydrogen-bond donors (Lipinski definition) is 2. The smallest absolute Gasteiger partial charge is 0.188 e. The number of para-hydroxylation sites is 1. The van der Waals surface area contributed by atoms with Crippen molar-refractivity contribution in [3.63, 3.8) is 0 Å². The Morgan fingerprint density at radius 2 is 1.79 bits per heavy atom. The zero-order chi connectivity index (χ0) is 20.5. The molecule has 150 valence electrons. The van der Waals surface area contributed by atoms with Crippen LogP contribution in [-0.2, 0) is 7.05 Å². The van der Waals surface area contributed by atoms with Gasteiger partial charge in [0, 0.05) is 18.9 Å². The normalized spacial score (nSPS) is 13.7. The maximum Gasteiger partial charge on any atom is 0.188 e. The van der Waals surface area contributed by atoms with E-state index in [-0.39, 0.29) is 6.04 Å². The van der Waals surface area contributed by atoms with Crippen molar-refractivity contribution in [3.05, 3.63) is 71.8 Å². The van der Waals surface area contributed by atoms with Gasteiger partial charge in [0.25, 0.3) is 0 Å². The van der Waals surface area contributed by atoms with Crippen LogP contribution in [0.2, 0.25) is 0 Å². The van der Waals surface area contributed by atoms with Gasteiger partial charge in [-0.3, -0.25) is 0 Å². The number of aromatic nitrogens is 3. The van der Waals surface area contributed by atoms with Gasteiger partial charge in [0.2, 0.25) is 0 Å². The van der Waals surface area contributed by atoms with Crippen molar-refractivity contribution in [1.29, 1.82) is 0 Å². The molecule has 0 aliphatic rings. The van der Waals surface area contributed by atoms with Gasteiger partial charge in [-0.1, -0.05) is 35.6 Å². The number of imidazole rings is 1. The number of aliphatic hydroxyl groups excluding tert-OH is 1. The van der Waals surface area contributed by atoms with Crippen LogP contribution in [0.1, 0.15) is 36.2 Å². The van der Waals surface area contributed by atoms with Crippen LogP contribution in [0.5, 0.6) is 0 Å². The molecule has 0 saturated carbocycles. The zero-order valence-electron chi connectivity index (χ0n) is 17.0. The molecule has 0 amide bonds. The zero-order valence-corrected chi connectivity index (χ0v) is 17.8. The number of aryl methyl sites for hydroxylation is 1. The molecule has 7 heteroatoms. The molecule has 4 aromatic rings. The van der Waals surface area contributed by atoms with Crippen LogP contribution in [0.3, 0.4) is 0 Å². The topological polar surface area (TPSA) is 66.2 Å². The third-order valence-electron chi connectivity index (χ3n) is 5.15. The van der Waals surface area contributed by atoms with Crippen LogP contribution < -0.4 is 5.32 Å². The van der Waals surface area contributed by atoms with E-state index in [2.05, 4.69) is 33.2 Å². The molecule has 0 saturated heterocycles. The summed E-state index contributed by atoms with van der Waals surface area (Å²) in [5.74, 6) is 0.639. The molecule has 0 fully saturated rings. The van der Waals surface area contributed by atoms with E-state index in [0.717, 1.165) is 32.3 Å². The highest BCUT2D eigenvalue weighted by Gasteiger charge is 2.20. The summed E-state index contributed by atoms with van der Waals surface area (Å²) >= 11 is 1.62. The molecule has 2 atom stereocenters. The van der Waals surface area contributed by atoms with E-state index in [1.165, 1.54) is 0 Å². The Morgan fingerprint density at radius 3 is 2.48 bits per heavy atom. The molecule has 2 aromatic heterocycles. The van der Waals surface area contributed by atoms with Crippen molar-refractivity contribution in [2.24, 2.45) is 7.05 Å². The lowest BCUT2D eigenvalue weighted by Crippen LogP contribution is -2.17. The summed E-state index contributed by atoms with van der Waals surface area (Å²) in [6, 6.07) is 16.0. The maximum absolute atomic E-state index is 10.9. The highest BCUT2D eigenvalue weighted by atomic mass is 32.1. The first kappa shape index (κ1) is 19.6. The van der Waals surface area contributed by atoms with E-state index in [9.17, 15) is 5.11 Å². The number of hydrogen-bond acceptors (Lipinski definition) is 6. The molecule has 0 radical (unpaired) electrons. The Bertz CT molecular complexity index is 1080. The molecule has 0 aliphatic heterocycles. The van der Waals surface area contributed by atoms with Crippen LogP contribution in [-0.4, -0.2) is 38.6 Å². The molecule has 2 N–H and O–H groups in total. The monoisotopic (exact) mass is 407 g/mol. The number of anilines is 2. The van der Waals surface area contributed by atoms with Gasteiger partial charge >= 0.3 is 0 Å². The van der Waals surface area contributed by atoms with Crippen LogP contribution >= 0.6 is 11.3 Å². The number of thiazole rings is 1. The summed E-state index contributed by atoms with van der Waals surface area (Å²) in [5, 5.41) is 15.0. The summed E-state index contributed by atoms with van der Waals surface area (Å²) < 4.78 is 3.05. The van der Waals surface area contributed by atoms with Gasteiger partial charge in [-0.05, 0) is 50.8 Å². The highest BCUT2D eigenvalue weighted by Crippen LogP contribution is 2.29. The quantitative estimate of drug-likeness (QED) is 0.493. The Morgan fingerprint density at radius 1 is 1.07 bits per heavy atom. The van der Waals surface area contributed by atoms with E-state index >= 15 is 0 Å². The van der Waals surface area contributed by atoms with E-state index in [1.807, 2.05) is 74.4 Å². The van der Waals surface area contributed by atoms with Crippen molar-refractivity contribution in [3.8, 4) is 0 Å². The van der Waals surface area contributed by atoms with Crippen molar-refractivity contribution in [2.75, 3.05) is 19.4 Å². The molecular formula is C22H25N5OS. The summed E-state index contributed by atoms with van der Waals surface area (Å²) in [5.41, 5.74) is 3.67. The predicted octanol–water partition coefficient (Wildman–Crippen LogP) is 4.48. The Hall–Kier alpha value is -2.74. The van der Waals surface area contributed by atoms with Crippen molar-refractivity contribution in [2.45, 2.75) is 19.1 Å². The summed E-state index contributed by atoms with van der Waals surface area (Å²) in [6.07, 6.45) is 1.20. The first-order valence-electron chi connectivity index (χ1n) is 9.52. The molecule has 29 heavy (non-hydrogen) atoms. The van der Waals surface area contributed by atoms with Gasteiger partial charge in [0.05, 0.1) is 22.0 Å². The van der Waals surface area contributed by atoms with Crippen LogP contribution in [0.4, 0.5) is 10.8 Å². The van der Waals surface area contributed by atoms with Gasteiger partial charge in [0.1, 0.15) is 11.9 Å². The van der Waals surface area contributed by atoms with Crippen LogP contribution in [0.15, 0.2) is 54.7 Å². The standard InChI is InChI=1S/C22H25N5OS/c1-14(26(2)3)18-13-27(4)21(24-18)20(28)15-9-11-16(12-10-15)23-22-25-17-7-5-6-8-19(17)29-22/h5-14,20,28H,1-4H3,(H,23,25). The molecule has 4 rings (SSSR count). The summed E-state index contributed by atoms with van der Waals surface area (Å²) in [7, 11) is 5.96. The lowest BCUT2D eigenvalue weighted by atomic mass is 10.1. The lowest BCUT2D eigenvalue weighted by Gasteiger charge is -2.17. The maximum atomic E-state index is 10.9. The van der Waals surface area contributed by atoms with E-state index < -0.39 is 6.10 Å². The van der Waals surface area contributed by atoms with Gasteiger partial charge in [-0.15, -0.1) is 0 Å². The minimum Gasteiger partial charge on any atom is -0.380 e. The first-order chi connectivity index (χ1) is 13.9. The third-order valence-corrected chi connectivity index (χ3v) is 6.10. The SMILES string of the molecule is CC(c1cn(C)c(C(O)c2ccc(Nc3nc4ccccc4s3)cc2)n1)N(C)C. The molecule has 6 nitrogen and oxygen atoms in total. The molecule has 0 spiro atoms. The Kier molecular flexibility index (Phi) is 5.36. The fourth-order valence-electron chi connectivity index (χ4n) is 3.17. The highest BCUT2D eigenvalue weighted by molar-refractivity contribution is 7.22. The number of nitrogens with one attached hydrogen (secondary N) is 1. The second kappa shape index (κ2) is 7.94. The average Bonchev–Trinajstić information content (AvgIpc) is 3.30. The lowest BCUT2D eigenvalue weighted by molar-refractivity contribution is 0.205. The van der Waals surface area contributed by atoms with E-state index in [0.29, 0.717) is 5.82 Å². The molecular weight excluding hydrogens is 382 g/mol. The second-order valence-electron chi connectivity index (χ2n) is 7.41. The largest absolute Gasteiger partial charge is 0.380 e. The van der Waals surface area contributed by atoms with E-state index in [1.54, 1.807) is 11.3 Å². The Balaban J connectivity index is 1.51. The summed E-state index contributed by atoms with van der Waals surface area (Å²) in [6.45, 7) is 2.10. The third kappa shape index (κ3) is 4.03. The predicted molar refractivity (Wildman–Crippen MR) is 119 cm³/mol. The molecule has 2 aromatic carbocycles. The summed E-state index contributed by atoms with van der Waals surface area (Å²) in [4.78, 5) is 11.4. The van der Waals surface area contributed by atoms with Gasteiger partial charge in [-0.2, -0.15) is 0 Å². The first-order valence-corrected chi connectivity index (χ1v) is 10.3. The fraction of sp³-hybridized carbons (Fsp3) is 0.273. The van der Waals surface area contributed by atoms with Crippen molar-refractivity contribution < 1.29 is 5.11 Å². The molecule has 2 unspecified atom stereocenters. The Labute approximate surface area is 174 Å². The average molecular weight is 408 g/mol. The second-order valence-corrected chi connectivity index (χ2v) is 8.44. The molecule has 0 aliphatic carbocycles. The number of fused-ring (bicyclic) bond motifs is 1. The van der Waals surface area contributed by atoms with Crippen molar-refractivity contribution >= 4 is 32.4 Å². The number of aliphatic hydroxyl groups is 1. The van der Waals surface area contributed by atoms with Crippen LogP contribution in [0.25, 0.3) is 10.2 Å². The number of nitrogens with zero attached hydrogens (tertiary/aromatic N) is 4. The van der Waals surface area contributed by atoms with Gasteiger partial charge in [-0.25, -0.2) is 9.97 Å². The van der Waals surface area contributed by atoms with Crippen molar-refractivity contribution in [1.82, 2.24) is 19.4 Å². The molecule has 2 heterocycles. The van der Waals surface area contributed by atoms with Crippen LogP contribution in [0, 0.1) is 0 Å². The number of benzene rings is 2.